The van der Waals surface area contributed by atoms with Crippen LogP contribution >= 0.6 is 0 Å². The van der Waals surface area contributed by atoms with Crippen LogP contribution in [-0.4, -0.2) is 42.8 Å². The van der Waals surface area contributed by atoms with E-state index in [1.165, 1.54) is 32.2 Å². The van der Waals surface area contributed by atoms with Crippen LogP contribution in [0.4, 0.5) is 5.82 Å². The molecule has 1 saturated carbocycles. The van der Waals surface area contributed by atoms with Gasteiger partial charge in [-0.25, -0.2) is 9.97 Å². The van der Waals surface area contributed by atoms with Crippen molar-refractivity contribution in [1.29, 1.82) is 0 Å². The first-order valence-corrected chi connectivity index (χ1v) is 7.20. The number of nitrogens with zero attached hydrogens (tertiary/aromatic N) is 3. The number of aromatic nitrogens is 2. The molecule has 5 nitrogen and oxygen atoms in total. The quantitative estimate of drug-likeness (QED) is 0.870. The van der Waals surface area contributed by atoms with E-state index in [1.54, 1.807) is 13.4 Å². The van der Waals surface area contributed by atoms with Gasteiger partial charge in [-0.15, -0.1) is 0 Å². The van der Waals surface area contributed by atoms with Gasteiger partial charge in [-0.3, -0.25) is 0 Å². The maximum atomic E-state index is 5.21. The number of nitrogens with one attached hydrogen (secondary N) is 1. The minimum absolute atomic E-state index is 0.650. The van der Waals surface area contributed by atoms with Crippen molar-refractivity contribution in [1.82, 2.24) is 15.3 Å². The Hall–Kier alpha value is -1.36. The van der Waals surface area contributed by atoms with Gasteiger partial charge in [0.05, 0.1) is 7.11 Å². The summed E-state index contributed by atoms with van der Waals surface area (Å²) in [6, 6.07) is 2.62. The zero-order valence-electron chi connectivity index (χ0n) is 11.5. The second kappa shape index (κ2) is 5.74. The van der Waals surface area contributed by atoms with Crippen molar-refractivity contribution in [2.24, 2.45) is 5.92 Å². The molecular weight excluding hydrogens is 240 g/mol. The lowest BCUT2D eigenvalue weighted by atomic mass is 9.99. The molecule has 0 radical (unpaired) electrons. The van der Waals surface area contributed by atoms with E-state index in [1.807, 2.05) is 6.07 Å². The van der Waals surface area contributed by atoms with E-state index in [-0.39, 0.29) is 0 Å². The molecule has 1 aliphatic carbocycles. The van der Waals surface area contributed by atoms with Crippen LogP contribution in [0.3, 0.4) is 0 Å². The highest BCUT2D eigenvalue weighted by molar-refractivity contribution is 5.43. The van der Waals surface area contributed by atoms with Crippen LogP contribution in [0.5, 0.6) is 5.88 Å². The Morgan fingerprint density at radius 1 is 1.37 bits per heavy atom. The largest absolute Gasteiger partial charge is 0.481 e. The van der Waals surface area contributed by atoms with Gasteiger partial charge in [0, 0.05) is 18.7 Å². The molecule has 0 amide bonds. The van der Waals surface area contributed by atoms with Gasteiger partial charge in [0.1, 0.15) is 12.1 Å². The summed E-state index contributed by atoms with van der Waals surface area (Å²) in [7, 11) is 1.65. The van der Waals surface area contributed by atoms with Gasteiger partial charge in [-0.05, 0) is 44.7 Å². The lowest BCUT2D eigenvalue weighted by molar-refractivity contribution is 0.374. The first-order valence-electron chi connectivity index (χ1n) is 7.20. The highest BCUT2D eigenvalue weighted by Crippen LogP contribution is 2.32. The van der Waals surface area contributed by atoms with Crippen molar-refractivity contribution in [2.75, 3.05) is 31.6 Å². The molecule has 0 aromatic carbocycles. The molecule has 19 heavy (non-hydrogen) atoms. The molecule has 2 aliphatic rings. The number of methoxy groups -OCH3 is 1. The summed E-state index contributed by atoms with van der Waals surface area (Å²) in [6.45, 7) is 3.39. The number of hydrogen-bond donors (Lipinski definition) is 1. The molecule has 2 heterocycles. The van der Waals surface area contributed by atoms with Crippen molar-refractivity contribution in [2.45, 2.75) is 31.7 Å². The molecule has 1 aliphatic heterocycles. The molecular formula is C14H22N4O. The molecule has 2 fully saturated rings. The zero-order valence-corrected chi connectivity index (χ0v) is 11.5. The van der Waals surface area contributed by atoms with Gasteiger partial charge >= 0.3 is 0 Å². The normalized spacial score (nSPS) is 23.1. The third-order valence-electron chi connectivity index (χ3n) is 3.97. The third kappa shape index (κ3) is 3.15. The maximum Gasteiger partial charge on any atom is 0.218 e. The number of piperidine rings is 1. The minimum Gasteiger partial charge on any atom is -0.481 e. The van der Waals surface area contributed by atoms with Gasteiger partial charge in [0.15, 0.2) is 0 Å². The van der Waals surface area contributed by atoms with E-state index in [0.717, 1.165) is 24.8 Å². The molecule has 1 aromatic heterocycles. The molecule has 104 valence electrons. The van der Waals surface area contributed by atoms with Crippen LogP contribution in [0.2, 0.25) is 0 Å². The second-order valence-corrected chi connectivity index (χ2v) is 5.51. The summed E-state index contributed by atoms with van der Waals surface area (Å²) in [5, 5.41) is 3.49. The van der Waals surface area contributed by atoms with Gasteiger partial charge in [0.2, 0.25) is 5.88 Å². The van der Waals surface area contributed by atoms with Crippen LogP contribution in [0.1, 0.15) is 25.7 Å². The van der Waals surface area contributed by atoms with E-state index in [9.17, 15) is 0 Å². The van der Waals surface area contributed by atoms with Gasteiger partial charge < -0.3 is 15.0 Å². The highest BCUT2D eigenvalue weighted by atomic mass is 16.5. The zero-order chi connectivity index (χ0) is 13.1. The Labute approximate surface area is 114 Å². The Kier molecular flexibility index (Phi) is 3.82. The van der Waals surface area contributed by atoms with Crippen molar-refractivity contribution in [3.63, 3.8) is 0 Å². The van der Waals surface area contributed by atoms with E-state index < -0.39 is 0 Å². The van der Waals surface area contributed by atoms with E-state index >= 15 is 0 Å². The van der Waals surface area contributed by atoms with E-state index in [4.69, 9.17) is 4.74 Å². The Balaban J connectivity index is 1.72. The topological polar surface area (TPSA) is 50.3 Å². The molecule has 1 saturated heterocycles. The summed E-state index contributed by atoms with van der Waals surface area (Å²) in [4.78, 5) is 11.0. The summed E-state index contributed by atoms with van der Waals surface area (Å²) < 4.78 is 5.21. The van der Waals surface area contributed by atoms with Crippen molar-refractivity contribution in [3.8, 4) is 5.88 Å². The summed E-state index contributed by atoms with van der Waals surface area (Å²) in [5.41, 5.74) is 0. The van der Waals surface area contributed by atoms with Crippen molar-refractivity contribution in [3.05, 3.63) is 12.4 Å². The monoisotopic (exact) mass is 262 g/mol. The van der Waals surface area contributed by atoms with Crippen LogP contribution < -0.4 is 15.0 Å². The Bertz CT molecular complexity index is 416. The summed E-state index contributed by atoms with van der Waals surface area (Å²) >= 11 is 0. The lowest BCUT2D eigenvalue weighted by Crippen LogP contribution is -2.39. The molecule has 1 aromatic rings. The first kappa shape index (κ1) is 12.7. The first-order chi connectivity index (χ1) is 9.36. The fourth-order valence-electron chi connectivity index (χ4n) is 2.77. The van der Waals surface area contributed by atoms with Crippen molar-refractivity contribution >= 4 is 5.82 Å². The van der Waals surface area contributed by atoms with Gasteiger partial charge in [0.25, 0.3) is 0 Å². The Morgan fingerprint density at radius 3 is 2.95 bits per heavy atom. The van der Waals surface area contributed by atoms with Gasteiger partial charge in [-0.2, -0.15) is 0 Å². The summed E-state index contributed by atoms with van der Waals surface area (Å²) in [6.07, 6.45) is 6.77. The highest BCUT2D eigenvalue weighted by Gasteiger charge is 2.32. The fourth-order valence-corrected chi connectivity index (χ4v) is 2.77. The molecule has 3 rings (SSSR count). The lowest BCUT2D eigenvalue weighted by Gasteiger charge is -2.31. The molecule has 0 spiro atoms. The van der Waals surface area contributed by atoms with Crippen LogP contribution in [0, 0.1) is 5.92 Å². The van der Waals surface area contributed by atoms with Crippen LogP contribution in [0.25, 0.3) is 0 Å². The number of anilines is 1. The predicted molar refractivity (Wildman–Crippen MR) is 74.5 cm³/mol. The SMILES string of the molecule is COc1cc(N(CC2CCCNC2)C2CC2)ncn1. The standard InChI is InChI=1S/C14H22N4O/c1-19-14-7-13(16-10-17-14)18(12-4-5-12)9-11-3-2-6-15-8-11/h7,10-12,15H,2-6,8-9H2,1H3. The predicted octanol–water partition coefficient (Wildman–Crippen LogP) is 1.45. The average molecular weight is 262 g/mol. The number of hydrogen-bond acceptors (Lipinski definition) is 5. The Morgan fingerprint density at radius 2 is 2.26 bits per heavy atom. The number of rotatable bonds is 5. The van der Waals surface area contributed by atoms with Gasteiger partial charge in [-0.1, -0.05) is 0 Å². The summed E-state index contributed by atoms with van der Waals surface area (Å²) in [5.74, 6) is 2.40. The maximum absolute atomic E-state index is 5.21. The molecule has 5 heteroatoms. The molecule has 1 unspecified atom stereocenters. The smallest absolute Gasteiger partial charge is 0.218 e. The van der Waals surface area contributed by atoms with E-state index in [0.29, 0.717) is 11.9 Å². The minimum atomic E-state index is 0.650. The fraction of sp³-hybridized carbons (Fsp3) is 0.714. The molecule has 1 N–H and O–H groups in total. The van der Waals surface area contributed by atoms with Crippen LogP contribution in [-0.2, 0) is 0 Å². The third-order valence-corrected chi connectivity index (χ3v) is 3.97. The molecule has 0 bridgehead atoms. The van der Waals surface area contributed by atoms with Crippen LogP contribution in [0.15, 0.2) is 12.4 Å². The second-order valence-electron chi connectivity index (χ2n) is 5.51. The van der Waals surface area contributed by atoms with Crippen molar-refractivity contribution < 1.29 is 4.74 Å². The van der Waals surface area contributed by atoms with E-state index in [2.05, 4.69) is 20.2 Å². The average Bonchev–Trinajstić information content (AvgIpc) is 3.30. The molecule has 1 atom stereocenters. The number of ether oxygens (including phenoxy) is 1.